The first-order valence-corrected chi connectivity index (χ1v) is 6.06. The second-order valence-electron chi connectivity index (χ2n) is 4.64. The van der Waals surface area contributed by atoms with Crippen LogP contribution in [0.25, 0.3) is 0 Å². The minimum absolute atomic E-state index is 0.0180. The van der Waals surface area contributed by atoms with Gasteiger partial charge in [0.2, 0.25) is 0 Å². The molecule has 0 aromatic heterocycles. The first-order chi connectivity index (χ1) is 8.15. The van der Waals surface area contributed by atoms with Crippen LogP contribution in [0.15, 0.2) is 18.2 Å². The van der Waals surface area contributed by atoms with E-state index in [1.54, 1.807) is 6.07 Å². The third-order valence-electron chi connectivity index (χ3n) is 3.38. The predicted molar refractivity (Wildman–Crippen MR) is 66.5 cm³/mol. The van der Waals surface area contributed by atoms with Crippen LogP contribution in [0.4, 0.5) is 10.1 Å². The van der Waals surface area contributed by atoms with Crippen LogP contribution in [0.1, 0.15) is 31.4 Å². The van der Waals surface area contributed by atoms with Crippen molar-refractivity contribution in [2.75, 3.05) is 18.1 Å². The molecule has 3 N–H and O–H groups in total. The van der Waals surface area contributed by atoms with Gasteiger partial charge >= 0.3 is 0 Å². The van der Waals surface area contributed by atoms with E-state index in [4.69, 9.17) is 5.73 Å². The average Bonchev–Trinajstić information content (AvgIpc) is 2.76. The Morgan fingerprint density at radius 1 is 1.59 bits per heavy atom. The van der Waals surface area contributed by atoms with Crippen molar-refractivity contribution in [3.05, 3.63) is 29.6 Å². The number of halogens is 1. The summed E-state index contributed by atoms with van der Waals surface area (Å²) in [5, 5.41) is 9.32. The van der Waals surface area contributed by atoms with Crippen LogP contribution >= 0.6 is 0 Å². The molecule has 1 aliphatic rings. The molecular weight excluding hydrogens is 219 g/mol. The second kappa shape index (κ2) is 5.02. The number of benzene rings is 1. The van der Waals surface area contributed by atoms with Crippen LogP contribution in [-0.2, 0) is 0 Å². The van der Waals surface area contributed by atoms with Gasteiger partial charge in [-0.15, -0.1) is 0 Å². The largest absolute Gasteiger partial charge is 0.394 e. The summed E-state index contributed by atoms with van der Waals surface area (Å²) in [4.78, 5) is 1.95. The summed E-state index contributed by atoms with van der Waals surface area (Å²) < 4.78 is 14.0. The molecule has 3 nitrogen and oxygen atoms in total. The zero-order valence-electron chi connectivity index (χ0n) is 10.1. The molecule has 0 saturated carbocycles. The predicted octanol–water partition coefficient (Wildman–Crippen LogP) is 1.81. The molecule has 1 aromatic rings. The molecule has 4 heteroatoms. The highest BCUT2D eigenvalue weighted by atomic mass is 19.1. The van der Waals surface area contributed by atoms with Crippen LogP contribution in [0.3, 0.4) is 0 Å². The van der Waals surface area contributed by atoms with Crippen molar-refractivity contribution in [2.45, 2.75) is 31.8 Å². The fourth-order valence-electron chi connectivity index (χ4n) is 2.52. The number of nitrogens with zero attached hydrogens (tertiary/aromatic N) is 1. The van der Waals surface area contributed by atoms with E-state index in [0.717, 1.165) is 24.9 Å². The lowest BCUT2D eigenvalue weighted by Gasteiger charge is -2.29. The molecule has 0 spiro atoms. The van der Waals surface area contributed by atoms with Gasteiger partial charge in [-0.1, -0.05) is 12.1 Å². The van der Waals surface area contributed by atoms with E-state index in [2.05, 4.69) is 0 Å². The third-order valence-corrected chi connectivity index (χ3v) is 3.38. The van der Waals surface area contributed by atoms with Crippen molar-refractivity contribution >= 4 is 5.69 Å². The molecule has 0 amide bonds. The smallest absolute Gasteiger partial charge is 0.146 e. The van der Waals surface area contributed by atoms with E-state index in [1.807, 2.05) is 17.9 Å². The van der Waals surface area contributed by atoms with Gasteiger partial charge in [-0.2, -0.15) is 0 Å². The lowest BCUT2D eigenvalue weighted by molar-refractivity contribution is 0.266. The number of hydrogen-bond acceptors (Lipinski definition) is 3. The van der Waals surface area contributed by atoms with Gasteiger partial charge in [0.25, 0.3) is 0 Å². The minimum Gasteiger partial charge on any atom is -0.394 e. The zero-order valence-corrected chi connectivity index (χ0v) is 10.1. The normalized spacial score (nSPS) is 21.9. The van der Waals surface area contributed by atoms with E-state index in [9.17, 15) is 9.50 Å². The van der Waals surface area contributed by atoms with E-state index in [0.29, 0.717) is 5.69 Å². The van der Waals surface area contributed by atoms with Crippen molar-refractivity contribution in [2.24, 2.45) is 5.73 Å². The van der Waals surface area contributed by atoms with E-state index >= 15 is 0 Å². The molecule has 2 atom stereocenters. The van der Waals surface area contributed by atoms with E-state index in [1.165, 1.54) is 6.07 Å². The molecule has 1 fully saturated rings. The zero-order chi connectivity index (χ0) is 12.4. The fraction of sp³-hybridized carbons (Fsp3) is 0.538. The highest BCUT2D eigenvalue weighted by Gasteiger charge is 2.28. The van der Waals surface area contributed by atoms with Gasteiger partial charge in [0.05, 0.1) is 18.3 Å². The van der Waals surface area contributed by atoms with Crippen molar-refractivity contribution < 1.29 is 9.50 Å². The summed E-state index contributed by atoms with van der Waals surface area (Å²) in [5.41, 5.74) is 7.26. The first-order valence-electron chi connectivity index (χ1n) is 6.06. The number of hydrogen-bond donors (Lipinski definition) is 2. The van der Waals surface area contributed by atoms with E-state index in [-0.39, 0.29) is 24.5 Å². The summed E-state index contributed by atoms with van der Waals surface area (Å²) in [6.07, 6.45) is 1.89. The Labute approximate surface area is 101 Å². The maximum Gasteiger partial charge on any atom is 0.146 e. The van der Waals surface area contributed by atoms with Crippen LogP contribution in [0.2, 0.25) is 0 Å². The van der Waals surface area contributed by atoms with Crippen molar-refractivity contribution in [3.8, 4) is 0 Å². The van der Waals surface area contributed by atoms with Gasteiger partial charge in [-0.05, 0) is 31.4 Å². The topological polar surface area (TPSA) is 49.5 Å². The standard InChI is InChI=1S/C13H19FN2O/c1-9(15)11-5-2-6-12(14)13(11)16-7-3-4-10(16)8-17/h2,5-6,9-10,17H,3-4,7-8,15H2,1H3. The van der Waals surface area contributed by atoms with E-state index < -0.39 is 0 Å². The Kier molecular flexibility index (Phi) is 3.64. The van der Waals surface area contributed by atoms with Crippen LogP contribution < -0.4 is 10.6 Å². The lowest BCUT2D eigenvalue weighted by Crippen LogP contribution is -2.34. The molecule has 1 aliphatic heterocycles. The summed E-state index contributed by atoms with van der Waals surface area (Å²) >= 11 is 0. The molecule has 2 rings (SSSR count). The van der Waals surface area contributed by atoms with Crippen LogP contribution in [0, 0.1) is 5.82 Å². The summed E-state index contributed by atoms with van der Waals surface area (Å²) in [7, 11) is 0. The van der Waals surface area contributed by atoms with Crippen LogP contribution in [0.5, 0.6) is 0 Å². The molecule has 0 bridgehead atoms. The van der Waals surface area contributed by atoms with Gasteiger partial charge in [0.1, 0.15) is 5.82 Å². The number of nitrogens with two attached hydrogens (primary N) is 1. The van der Waals surface area contributed by atoms with Gasteiger partial charge in [-0.3, -0.25) is 0 Å². The molecule has 1 aromatic carbocycles. The maximum absolute atomic E-state index is 14.0. The Balaban J connectivity index is 2.42. The highest BCUT2D eigenvalue weighted by Crippen LogP contribution is 2.33. The van der Waals surface area contributed by atoms with Crippen molar-refractivity contribution in [3.63, 3.8) is 0 Å². The Morgan fingerprint density at radius 2 is 2.35 bits per heavy atom. The van der Waals surface area contributed by atoms with Crippen molar-refractivity contribution in [1.82, 2.24) is 0 Å². The Hall–Kier alpha value is -1.13. The molecule has 0 aliphatic carbocycles. The SMILES string of the molecule is CC(N)c1cccc(F)c1N1CCCC1CO. The number of para-hydroxylation sites is 1. The highest BCUT2D eigenvalue weighted by molar-refractivity contribution is 5.57. The molecule has 94 valence electrons. The third kappa shape index (κ3) is 2.28. The van der Waals surface area contributed by atoms with Gasteiger partial charge in [0.15, 0.2) is 0 Å². The molecule has 0 radical (unpaired) electrons. The van der Waals surface area contributed by atoms with Crippen LogP contribution in [-0.4, -0.2) is 24.3 Å². The summed E-state index contributed by atoms with van der Waals surface area (Å²) in [6.45, 7) is 2.70. The fourth-order valence-corrected chi connectivity index (χ4v) is 2.52. The first kappa shape index (κ1) is 12.3. The van der Waals surface area contributed by atoms with Gasteiger partial charge < -0.3 is 15.7 Å². The minimum atomic E-state index is -0.250. The van der Waals surface area contributed by atoms with Gasteiger partial charge in [0, 0.05) is 12.6 Å². The summed E-state index contributed by atoms with van der Waals surface area (Å²) in [5.74, 6) is -0.250. The maximum atomic E-state index is 14.0. The number of aliphatic hydroxyl groups excluding tert-OH is 1. The molecular formula is C13H19FN2O. The molecule has 1 saturated heterocycles. The Morgan fingerprint density at radius 3 is 3.00 bits per heavy atom. The molecule has 17 heavy (non-hydrogen) atoms. The quantitative estimate of drug-likeness (QED) is 0.844. The number of rotatable bonds is 3. The van der Waals surface area contributed by atoms with Gasteiger partial charge in [-0.25, -0.2) is 4.39 Å². The number of anilines is 1. The average molecular weight is 238 g/mol. The van der Waals surface area contributed by atoms with Crippen molar-refractivity contribution in [1.29, 1.82) is 0 Å². The summed E-state index contributed by atoms with van der Waals surface area (Å²) in [6, 6.07) is 4.80. The Bertz CT molecular complexity index is 395. The monoisotopic (exact) mass is 238 g/mol. The molecule has 2 unspecified atom stereocenters. The number of aliphatic hydroxyl groups is 1. The second-order valence-corrected chi connectivity index (χ2v) is 4.64. The lowest BCUT2D eigenvalue weighted by atomic mass is 10.0. The molecule has 1 heterocycles.